The molecule has 20 heavy (non-hydrogen) atoms. The quantitative estimate of drug-likeness (QED) is 0.801. The van der Waals surface area contributed by atoms with Crippen LogP contribution in [0.2, 0.25) is 0 Å². The van der Waals surface area contributed by atoms with E-state index in [-0.39, 0.29) is 0 Å². The Balaban J connectivity index is 1.65. The summed E-state index contributed by atoms with van der Waals surface area (Å²) in [6.45, 7) is 5.40. The van der Waals surface area contributed by atoms with Gasteiger partial charge in [-0.2, -0.15) is 0 Å². The summed E-state index contributed by atoms with van der Waals surface area (Å²) in [4.78, 5) is 3.83. The van der Waals surface area contributed by atoms with E-state index in [1.807, 2.05) is 11.3 Å². The zero-order valence-electron chi connectivity index (χ0n) is 12.4. The van der Waals surface area contributed by atoms with E-state index < -0.39 is 0 Å². The van der Waals surface area contributed by atoms with Gasteiger partial charge >= 0.3 is 0 Å². The Morgan fingerprint density at radius 1 is 1.15 bits per heavy atom. The minimum absolute atomic E-state index is 0.554. The molecule has 0 spiro atoms. The topological polar surface area (TPSA) is 15.3 Å². The molecule has 0 radical (unpaired) electrons. The lowest BCUT2D eigenvalue weighted by atomic mass is 10.1. The summed E-state index contributed by atoms with van der Waals surface area (Å²) >= 11 is 1.81. The lowest BCUT2D eigenvalue weighted by Crippen LogP contribution is -2.38. The van der Waals surface area contributed by atoms with Gasteiger partial charge in [0.2, 0.25) is 0 Å². The molecule has 0 amide bonds. The number of nitrogens with one attached hydrogen (secondary N) is 1. The van der Waals surface area contributed by atoms with Crippen LogP contribution in [0, 0.1) is 0 Å². The van der Waals surface area contributed by atoms with E-state index in [4.69, 9.17) is 0 Å². The predicted octanol–water partition coefficient (Wildman–Crippen LogP) is 3.40. The van der Waals surface area contributed by atoms with Crippen LogP contribution in [0.25, 0.3) is 0 Å². The highest BCUT2D eigenvalue weighted by atomic mass is 32.1. The van der Waals surface area contributed by atoms with Gasteiger partial charge in [-0.25, -0.2) is 0 Å². The molecule has 1 aromatic carbocycles. The van der Waals surface area contributed by atoms with E-state index >= 15 is 0 Å². The third-order valence-electron chi connectivity index (χ3n) is 3.67. The fourth-order valence-electron chi connectivity index (χ4n) is 2.14. The van der Waals surface area contributed by atoms with Gasteiger partial charge in [0, 0.05) is 30.6 Å². The molecule has 0 saturated carbocycles. The molecule has 2 nitrogen and oxygen atoms in total. The zero-order chi connectivity index (χ0) is 14.2. The molecule has 0 aliphatic rings. The van der Waals surface area contributed by atoms with Crippen molar-refractivity contribution in [3.05, 3.63) is 58.3 Å². The molecule has 108 valence electrons. The molecule has 3 heteroatoms. The molecule has 0 aliphatic carbocycles. The first-order chi connectivity index (χ1) is 9.75. The monoisotopic (exact) mass is 288 g/mol. The third kappa shape index (κ3) is 5.08. The standard InChI is InChI=1S/C17H24N2S/c1-15(13-18-14-17-9-6-12-20-17)19(2)11-10-16-7-4-3-5-8-16/h3-9,12,15,18H,10-11,13-14H2,1-2H3. The van der Waals surface area contributed by atoms with Crippen LogP contribution in [0.1, 0.15) is 17.4 Å². The van der Waals surface area contributed by atoms with E-state index in [0.717, 1.165) is 26.1 Å². The Kier molecular flexibility index (Phi) is 6.25. The molecule has 1 heterocycles. The Bertz CT molecular complexity index is 467. The Hall–Kier alpha value is -1.16. The first-order valence-electron chi connectivity index (χ1n) is 7.23. The Labute approximate surface area is 126 Å². The SMILES string of the molecule is CC(CNCc1cccs1)N(C)CCc1ccccc1. The van der Waals surface area contributed by atoms with Crippen LogP contribution in [0.4, 0.5) is 0 Å². The Morgan fingerprint density at radius 2 is 1.95 bits per heavy atom. The molecule has 0 saturated heterocycles. The summed E-state index contributed by atoms with van der Waals surface area (Å²) < 4.78 is 0. The number of likely N-dealkylation sites (N-methyl/N-ethyl adjacent to an activating group) is 1. The second-order valence-corrected chi connectivity index (χ2v) is 6.31. The van der Waals surface area contributed by atoms with Crippen LogP contribution >= 0.6 is 11.3 Å². The van der Waals surface area contributed by atoms with Crippen LogP contribution < -0.4 is 5.32 Å². The highest BCUT2D eigenvalue weighted by molar-refractivity contribution is 7.09. The number of rotatable bonds is 8. The van der Waals surface area contributed by atoms with E-state index in [9.17, 15) is 0 Å². The van der Waals surface area contributed by atoms with E-state index in [1.165, 1.54) is 10.4 Å². The van der Waals surface area contributed by atoms with Gasteiger partial charge in [0.1, 0.15) is 0 Å². The highest BCUT2D eigenvalue weighted by Gasteiger charge is 2.08. The number of hydrogen-bond acceptors (Lipinski definition) is 3. The summed E-state index contributed by atoms with van der Waals surface area (Å²) in [5, 5.41) is 5.67. The maximum atomic E-state index is 3.54. The summed E-state index contributed by atoms with van der Waals surface area (Å²) in [5.74, 6) is 0. The molecule has 1 N–H and O–H groups in total. The van der Waals surface area contributed by atoms with Gasteiger partial charge in [-0.1, -0.05) is 36.4 Å². The van der Waals surface area contributed by atoms with Crippen molar-refractivity contribution in [2.24, 2.45) is 0 Å². The smallest absolute Gasteiger partial charge is 0.0300 e. The van der Waals surface area contributed by atoms with Crippen LogP contribution in [-0.4, -0.2) is 31.1 Å². The minimum atomic E-state index is 0.554. The van der Waals surface area contributed by atoms with Crippen molar-refractivity contribution in [3.8, 4) is 0 Å². The summed E-state index contributed by atoms with van der Waals surface area (Å²) in [5.41, 5.74) is 1.41. The van der Waals surface area contributed by atoms with Gasteiger partial charge in [-0.05, 0) is 37.4 Å². The van der Waals surface area contributed by atoms with Crippen molar-refractivity contribution in [2.45, 2.75) is 25.9 Å². The molecule has 2 aromatic rings. The molecule has 1 aromatic heterocycles. The van der Waals surface area contributed by atoms with Gasteiger partial charge in [-0.15, -0.1) is 11.3 Å². The predicted molar refractivity (Wildman–Crippen MR) is 88.3 cm³/mol. The average molecular weight is 288 g/mol. The number of nitrogens with zero attached hydrogens (tertiary/aromatic N) is 1. The first kappa shape index (κ1) is 15.2. The molecule has 1 unspecified atom stereocenters. The average Bonchev–Trinajstić information content (AvgIpc) is 2.99. The molecular formula is C17H24N2S. The van der Waals surface area contributed by atoms with Gasteiger partial charge in [0.25, 0.3) is 0 Å². The van der Waals surface area contributed by atoms with Gasteiger partial charge in [0.05, 0.1) is 0 Å². The first-order valence-corrected chi connectivity index (χ1v) is 8.11. The minimum Gasteiger partial charge on any atom is -0.310 e. The van der Waals surface area contributed by atoms with Crippen molar-refractivity contribution >= 4 is 11.3 Å². The van der Waals surface area contributed by atoms with Crippen molar-refractivity contribution in [3.63, 3.8) is 0 Å². The van der Waals surface area contributed by atoms with Crippen LogP contribution in [0.3, 0.4) is 0 Å². The lowest BCUT2D eigenvalue weighted by Gasteiger charge is -2.25. The Morgan fingerprint density at radius 3 is 2.65 bits per heavy atom. The van der Waals surface area contributed by atoms with Crippen LogP contribution in [0.5, 0.6) is 0 Å². The summed E-state index contributed by atoms with van der Waals surface area (Å²) in [6, 6.07) is 15.5. The van der Waals surface area contributed by atoms with Gasteiger partial charge < -0.3 is 10.2 Å². The summed E-state index contributed by atoms with van der Waals surface area (Å²) in [6.07, 6.45) is 1.12. The molecule has 0 fully saturated rings. The number of hydrogen-bond donors (Lipinski definition) is 1. The zero-order valence-corrected chi connectivity index (χ0v) is 13.2. The highest BCUT2D eigenvalue weighted by Crippen LogP contribution is 2.07. The van der Waals surface area contributed by atoms with Crippen molar-refractivity contribution in [1.82, 2.24) is 10.2 Å². The molecule has 1 atom stereocenters. The van der Waals surface area contributed by atoms with E-state index in [0.29, 0.717) is 6.04 Å². The van der Waals surface area contributed by atoms with Crippen LogP contribution in [-0.2, 0) is 13.0 Å². The van der Waals surface area contributed by atoms with Crippen molar-refractivity contribution in [2.75, 3.05) is 20.1 Å². The number of thiophene rings is 1. The maximum absolute atomic E-state index is 3.54. The molecular weight excluding hydrogens is 264 g/mol. The van der Waals surface area contributed by atoms with E-state index in [1.54, 1.807) is 0 Å². The fraction of sp³-hybridized carbons (Fsp3) is 0.412. The number of benzene rings is 1. The third-order valence-corrected chi connectivity index (χ3v) is 4.54. The molecule has 0 aliphatic heterocycles. The van der Waals surface area contributed by atoms with Gasteiger partial charge in [-0.3, -0.25) is 0 Å². The second-order valence-electron chi connectivity index (χ2n) is 5.28. The van der Waals surface area contributed by atoms with Crippen molar-refractivity contribution < 1.29 is 0 Å². The van der Waals surface area contributed by atoms with Crippen molar-refractivity contribution in [1.29, 1.82) is 0 Å². The lowest BCUT2D eigenvalue weighted by molar-refractivity contribution is 0.253. The molecule has 0 bridgehead atoms. The normalized spacial score (nSPS) is 12.8. The molecule has 2 rings (SSSR count). The van der Waals surface area contributed by atoms with E-state index in [2.05, 4.69) is 72.0 Å². The summed E-state index contributed by atoms with van der Waals surface area (Å²) in [7, 11) is 2.21. The largest absolute Gasteiger partial charge is 0.310 e. The second kappa shape index (κ2) is 8.20. The van der Waals surface area contributed by atoms with Gasteiger partial charge in [0.15, 0.2) is 0 Å². The maximum Gasteiger partial charge on any atom is 0.0300 e. The van der Waals surface area contributed by atoms with Crippen LogP contribution in [0.15, 0.2) is 47.8 Å². The fourth-order valence-corrected chi connectivity index (χ4v) is 2.82.